The lowest BCUT2D eigenvalue weighted by atomic mass is 10.1. The monoisotopic (exact) mass is 371 g/mol. The second-order valence-electron chi connectivity index (χ2n) is 5.80. The maximum absolute atomic E-state index is 11.3. The van der Waals surface area contributed by atoms with Crippen LogP contribution in [0.3, 0.4) is 0 Å². The van der Waals surface area contributed by atoms with Gasteiger partial charge in [0, 0.05) is 32.6 Å². The molecule has 0 unspecified atom stereocenters. The minimum Gasteiger partial charge on any atom is -0.456 e. The summed E-state index contributed by atoms with van der Waals surface area (Å²) in [7, 11) is 0. The van der Waals surface area contributed by atoms with E-state index in [0.29, 0.717) is 11.6 Å². The molecule has 1 aromatic carbocycles. The number of hydrogen-bond donors (Lipinski definition) is 1. The number of aryl methyl sites for hydroxylation is 1. The fourth-order valence-corrected chi connectivity index (χ4v) is 3.70. The molecule has 3 heterocycles. The zero-order valence-electron chi connectivity index (χ0n) is 13.3. The Morgan fingerprint density at radius 1 is 1.36 bits per heavy atom. The number of thiophene rings is 1. The highest BCUT2D eigenvalue weighted by molar-refractivity contribution is 7.08. The molecule has 0 radical (unpaired) electrons. The summed E-state index contributed by atoms with van der Waals surface area (Å²) < 4.78 is 7.80. The number of benzene rings is 1. The lowest BCUT2D eigenvalue weighted by Crippen LogP contribution is -2.13. The van der Waals surface area contributed by atoms with Crippen molar-refractivity contribution in [3.8, 4) is 11.3 Å². The minimum atomic E-state index is -0.546. The van der Waals surface area contributed by atoms with Crippen molar-refractivity contribution < 1.29 is 9.21 Å². The average molecular weight is 372 g/mol. The van der Waals surface area contributed by atoms with Crippen molar-refractivity contribution in [2.24, 2.45) is 5.73 Å². The summed E-state index contributed by atoms with van der Waals surface area (Å²) in [6, 6.07) is 9.40. The van der Waals surface area contributed by atoms with Crippen LogP contribution in [-0.2, 0) is 6.54 Å². The first kappa shape index (κ1) is 15.9. The van der Waals surface area contributed by atoms with Crippen molar-refractivity contribution in [1.82, 2.24) is 9.78 Å². The molecule has 1 amide bonds. The molecule has 126 valence electrons. The first-order valence-corrected chi connectivity index (χ1v) is 8.92. The minimum absolute atomic E-state index is 0.245. The molecule has 0 spiro atoms. The van der Waals surface area contributed by atoms with E-state index in [1.54, 1.807) is 22.1 Å². The van der Waals surface area contributed by atoms with Gasteiger partial charge in [0.15, 0.2) is 0 Å². The van der Waals surface area contributed by atoms with Crippen LogP contribution in [0.25, 0.3) is 22.3 Å². The van der Waals surface area contributed by atoms with Gasteiger partial charge in [-0.15, -0.1) is 0 Å². The number of amides is 1. The number of carbonyl (C=O) groups is 1. The second-order valence-corrected chi connectivity index (χ2v) is 7.02. The molecule has 7 heteroatoms. The summed E-state index contributed by atoms with van der Waals surface area (Å²) in [6.07, 6.45) is 0. The van der Waals surface area contributed by atoms with E-state index in [-0.39, 0.29) is 5.69 Å². The second kappa shape index (κ2) is 6.06. The smallest absolute Gasteiger partial charge is 0.269 e. The molecule has 4 rings (SSSR count). The van der Waals surface area contributed by atoms with Gasteiger partial charge in [-0.3, -0.25) is 9.48 Å². The number of rotatable bonds is 4. The zero-order chi connectivity index (χ0) is 17.6. The number of hydrogen-bond acceptors (Lipinski definition) is 4. The largest absolute Gasteiger partial charge is 0.456 e. The van der Waals surface area contributed by atoms with Crippen LogP contribution < -0.4 is 5.73 Å². The van der Waals surface area contributed by atoms with Crippen LogP contribution in [0.1, 0.15) is 21.7 Å². The molecule has 25 heavy (non-hydrogen) atoms. The van der Waals surface area contributed by atoms with E-state index in [9.17, 15) is 4.79 Å². The number of primary amides is 1. The normalized spacial score (nSPS) is 11.3. The summed E-state index contributed by atoms with van der Waals surface area (Å²) in [5, 5.41) is 9.86. The standard InChI is InChI=1S/C18H14ClN3O2S/c1-10-4-15(18(20)23)21-22(10)8-13-6-14(19)5-12-7-16(24-17(12)13)11-2-3-25-9-11/h2-7,9H,8H2,1H3,(H2,20,23). The predicted molar refractivity (Wildman–Crippen MR) is 99.1 cm³/mol. The lowest BCUT2D eigenvalue weighted by Gasteiger charge is -2.06. The number of nitrogens with zero attached hydrogens (tertiary/aromatic N) is 2. The van der Waals surface area contributed by atoms with Crippen molar-refractivity contribution in [2.75, 3.05) is 0 Å². The quantitative estimate of drug-likeness (QED) is 0.575. The molecule has 0 saturated heterocycles. The maximum Gasteiger partial charge on any atom is 0.269 e. The third kappa shape index (κ3) is 2.94. The molecule has 0 fully saturated rings. The molecule has 5 nitrogen and oxygen atoms in total. The number of aromatic nitrogens is 2. The Morgan fingerprint density at radius 3 is 2.88 bits per heavy atom. The predicted octanol–water partition coefficient (Wildman–Crippen LogP) is 4.47. The van der Waals surface area contributed by atoms with Gasteiger partial charge in [0.05, 0.1) is 6.54 Å². The van der Waals surface area contributed by atoms with Gasteiger partial charge in [-0.05, 0) is 42.6 Å². The number of fused-ring (bicyclic) bond motifs is 1. The number of halogens is 1. The fraction of sp³-hybridized carbons (Fsp3) is 0.111. The van der Waals surface area contributed by atoms with Crippen molar-refractivity contribution in [3.05, 3.63) is 63.1 Å². The van der Waals surface area contributed by atoms with E-state index in [0.717, 1.165) is 33.6 Å². The summed E-state index contributed by atoms with van der Waals surface area (Å²) in [4.78, 5) is 11.3. The first-order chi connectivity index (χ1) is 12.0. The highest BCUT2D eigenvalue weighted by Gasteiger charge is 2.15. The van der Waals surface area contributed by atoms with Gasteiger partial charge in [-0.1, -0.05) is 11.6 Å². The van der Waals surface area contributed by atoms with Crippen LogP contribution in [0, 0.1) is 6.92 Å². The fourth-order valence-electron chi connectivity index (χ4n) is 2.80. The van der Waals surface area contributed by atoms with Crippen LogP contribution in [-0.4, -0.2) is 15.7 Å². The number of furan rings is 1. The lowest BCUT2D eigenvalue weighted by molar-refractivity contribution is 0.0995. The third-order valence-electron chi connectivity index (χ3n) is 4.02. The molecule has 0 atom stereocenters. The van der Waals surface area contributed by atoms with Crippen LogP contribution in [0.15, 0.2) is 45.5 Å². The van der Waals surface area contributed by atoms with Crippen LogP contribution in [0.2, 0.25) is 5.02 Å². The van der Waals surface area contributed by atoms with Gasteiger partial charge >= 0.3 is 0 Å². The Hall–Kier alpha value is -2.57. The molecular formula is C18H14ClN3O2S. The number of carbonyl (C=O) groups excluding carboxylic acids is 1. The molecular weight excluding hydrogens is 358 g/mol. The molecule has 3 aromatic heterocycles. The van der Waals surface area contributed by atoms with E-state index >= 15 is 0 Å². The molecule has 4 aromatic rings. The molecule has 0 aliphatic carbocycles. The molecule has 0 aliphatic rings. The van der Waals surface area contributed by atoms with Gasteiger partial charge in [0.2, 0.25) is 0 Å². The Balaban J connectivity index is 1.80. The van der Waals surface area contributed by atoms with E-state index in [1.165, 1.54) is 0 Å². The molecule has 0 saturated carbocycles. The Labute approximate surface area is 152 Å². The van der Waals surface area contributed by atoms with Gasteiger partial charge in [0.1, 0.15) is 17.0 Å². The highest BCUT2D eigenvalue weighted by atomic mass is 35.5. The molecule has 0 bridgehead atoms. The Morgan fingerprint density at radius 2 is 2.20 bits per heavy atom. The summed E-state index contributed by atoms with van der Waals surface area (Å²) in [5.41, 5.74) is 9.09. The highest BCUT2D eigenvalue weighted by Crippen LogP contribution is 2.33. The Kier molecular flexibility index (Phi) is 3.86. The van der Waals surface area contributed by atoms with Gasteiger partial charge in [0.25, 0.3) is 5.91 Å². The van der Waals surface area contributed by atoms with E-state index in [2.05, 4.69) is 5.10 Å². The zero-order valence-corrected chi connectivity index (χ0v) is 14.9. The van der Waals surface area contributed by atoms with Crippen molar-refractivity contribution in [1.29, 1.82) is 0 Å². The average Bonchev–Trinajstić information content (AvgIpc) is 3.26. The van der Waals surface area contributed by atoms with Crippen molar-refractivity contribution >= 4 is 39.8 Å². The van der Waals surface area contributed by atoms with Crippen LogP contribution in [0.5, 0.6) is 0 Å². The summed E-state index contributed by atoms with van der Waals surface area (Å²) >= 11 is 7.89. The maximum atomic E-state index is 11.3. The topological polar surface area (TPSA) is 74.1 Å². The SMILES string of the molecule is Cc1cc(C(N)=O)nn1Cc1cc(Cl)cc2cc(-c3ccsc3)oc12. The van der Waals surface area contributed by atoms with E-state index < -0.39 is 5.91 Å². The Bertz CT molecular complexity index is 1080. The third-order valence-corrected chi connectivity index (χ3v) is 4.92. The van der Waals surface area contributed by atoms with Crippen LogP contribution in [0.4, 0.5) is 0 Å². The van der Waals surface area contributed by atoms with Gasteiger partial charge in [-0.25, -0.2) is 0 Å². The molecule has 2 N–H and O–H groups in total. The van der Waals surface area contributed by atoms with Crippen molar-refractivity contribution in [2.45, 2.75) is 13.5 Å². The van der Waals surface area contributed by atoms with E-state index in [1.807, 2.05) is 41.9 Å². The first-order valence-electron chi connectivity index (χ1n) is 7.60. The van der Waals surface area contributed by atoms with Gasteiger partial charge in [-0.2, -0.15) is 16.4 Å². The van der Waals surface area contributed by atoms with Crippen LogP contribution >= 0.6 is 22.9 Å². The molecule has 0 aliphatic heterocycles. The van der Waals surface area contributed by atoms with Gasteiger partial charge < -0.3 is 10.2 Å². The van der Waals surface area contributed by atoms with E-state index in [4.69, 9.17) is 21.8 Å². The van der Waals surface area contributed by atoms with Crippen molar-refractivity contribution in [3.63, 3.8) is 0 Å². The summed E-state index contributed by atoms with van der Waals surface area (Å²) in [5.74, 6) is 0.255. The summed E-state index contributed by atoms with van der Waals surface area (Å²) in [6.45, 7) is 2.31. The number of nitrogens with two attached hydrogens (primary N) is 1.